The molecular formula is C44H57Cl2NSiZr-4. The molecule has 1 aliphatic carbocycles. The first-order chi connectivity index (χ1) is 21.1. The van der Waals surface area contributed by atoms with Gasteiger partial charge in [-0.2, -0.15) is 6.07 Å². The SMILES string of the molecule is CC(C)C1=[C-]C2=CC(C)N(c3ccc(C(C)(C)C)cc3)C2=C1.Cc1cc2c(-c3ccc(C(C)(C)C)cc3)ccc(C)c2[cH-]1.Cl.Cl.[CH3-].[CH3-].[Si]=[Zr]. The van der Waals surface area contributed by atoms with Crippen LogP contribution in [-0.4, -0.2) is 12.9 Å². The Morgan fingerprint density at radius 3 is 1.80 bits per heavy atom. The van der Waals surface area contributed by atoms with Crippen molar-refractivity contribution in [2.75, 3.05) is 4.90 Å². The van der Waals surface area contributed by atoms with Crippen LogP contribution in [0.1, 0.15) is 84.6 Å². The van der Waals surface area contributed by atoms with Gasteiger partial charge in [0.1, 0.15) is 0 Å². The van der Waals surface area contributed by atoms with Gasteiger partial charge in [-0.15, -0.1) is 88.2 Å². The standard InChI is InChI=1S/C21H26N.C21H23.2CH3.2ClH.Si.Zr/c1-14(2)16-12-17-11-15(3)22(20(17)13-16)19-9-7-18(8-10-19)21(4,5)6;1-14-12-19-15(2)6-11-18(20(19)13-14)16-7-9-17(10-8-16)21(3,4)5;;;;;;/h7-11,13-15H,1-6H3;6-13H,1-5H3;2*1H3;2*1H;;/q4*-1;;;;. The van der Waals surface area contributed by atoms with E-state index in [1.54, 1.807) is 0 Å². The Labute approximate surface area is 329 Å². The number of hydrogen-bond donors (Lipinski definition) is 0. The van der Waals surface area contributed by atoms with Crippen LogP contribution in [0.25, 0.3) is 21.9 Å². The van der Waals surface area contributed by atoms with E-state index in [0.29, 0.717) is 12.0 Å². The Morgan fingerprint density at radius 1 is 0.796 bits per heavy atom. The van der Waals surface area contributed by atoms with Crippen molar-refractivity contribution >= 4 is 48.2 Å². The van der Waals surface area contributed by atoms with Gasteiger partial charge >= 0.3 is 30.2 Å². The third kappa shape index (κ3) is 10.7. The Morgan fingerprint density at radius 2 is 1.31 bits per heavy atom. The summed E-state index contributed by atoms with van der Waals surface area (Å²) in [6.45, 7) is 27.7. The number of rotatable bonds is 3. The first-order valence-corrected chi connectivity index (χ1v) is 20.3. The molecule has 1 atom stereocenters. The molecule has 49 heavy (non-hydrogen) atoms. The van der Waals surface area contributed by atoms with E-state index >= 15 is 0 Å². The summed E-state index contributed by atoms with van der Waals surface area (Å²) in [6.07, 6.45) is 8.18. The average Bonchev–Trinajstić information content (AvgIpc) is 3.66. The van der Waals surface area contributed by atoms with Crippen LogP contribution in [0.15, 0.2) is 102 Å². The van der Waals surface area contributed by atoms with E-state index in [1.807, 2.05) is 0 Å². The van der Waals surface area contributed by atoms with Gasteiger partial charge in [-0.05, 0) is 52.5 Å². The third-order valence-corrected chi connectivity index (χ3v) is 8.87. The summed E-state index contributed by atoms with van der Waals surface area (Å²) in [5.41, 5.74) is 13.6. The van der Waals surface area contributed by atoms with Gasteiger partial charge < -0.3 is 19.8 Å². The molecule has 0 saturated carbocycles. The molecule has 1 aliphatic heterocycles. The topological polar surface area (TPSA) is 3.24 Å². The van der Waals surface area contributed by atoms with Gasteiger partial charge in [0, 0.05) is 11.7 Å². The number of halogens is 2. The molecule has 6 rings (SSSR count). The van der Waals surface area contributed by atoms with Crippen LogP contribution in [0.2, 0.25) is 0 Å². The van der Waals surface area contributed by atoms with Crippen molar-refractivity contribution in [2.45, 2.75) is 93.0 Å². The molecule has 0 spiro atoms. The second kappa shape index (κ2) is 19.0. The van der Waals surface area contributed by atoms with Crippen molar-refractivity contribution in [3.63, 3.8) is 0 Å². The summed E-state index contributed by atoms with van der Waals surface area (Å²) in [5.74, 6) is 0.527. The first kappa shape index (κ1) is 47.0. The summed E-state index contributed by atoms with van der Waals surface area (Å²) in [4.78, 5) is 2.42. The van der Waals surface area contributed by atoms with E-state index in [9.17, 15) is 0 Å². The maximum atomic E-state index is 3.56. The first-order valence-electron chi connectivity index (χ1n) is 16.1. The monoisotopic (exact) mass is 787 g/mol. The van der Waals surface area contributed by atoms with Crippen LogP contribution in [0.3, 0.4) is 0 Å². The molecule has 1 heterocycles. The Kier molecular flexibility index (Phi) is 18.2. The molecule has 0 aromatic heterocycles. The summed E-state index contributed by atoms with van der Waals surface area (Å²) < 4.78 is 0. The molecule has 4 aromatic rings. The predicted molar refractivity (Wildman–Crippen MR) is 221 cm³/mol. The molecular weight excluding hydrogens is 733 g/mol. The summed E-state index contributed by atoms with van der Waals surface area (Å²) >= 11 is 1.36. The van der Waals surface area contributed by atoms with Crippen molar-refractivity contribution in [3.05, 3.63) is 145 Å². The fourth-order valence-electron chi connectivity index (χ4n) is 6.14. The molecule has 0 saturated heterocycles. The zero-order valence-corrected chi connectivity index (χ0v) is 37.1. The zero-order valence-electron chi connectivity index (χ0n) is 32.0. The van der Waals surface area contributed by atoms with Crippen molar-refractivity contribution in [2.24, 2.45) is 5.92 Å². The van der Waals surface area contributed by atoms with Crippen molar-refractivity contribution in [3.8, 4) is 11.1 Å². The zero-order chi connectivity index (χ0) is 33.3. The summed E-state index contributed by atoms with van der Waals surface area (Å²) in [5, 5.41) is 2.75. The van der Waals surface area contributed by atoms with E-state index in [4.69, 9.17) is 0 Å². The average molecular weight is 790 g/mol. The van der Waals surface area contributed by atoms with Crippen LogP contribution < -0.4 is 4.90 Å². The number of nitrogens with zero attached hydrogens (tertiary/aromatic N) is 1. The third-order valence-electron chi connectivity index (χ3n) is 8.87. The molecule has 0 amide bonds. The molecule has 0 bridgehead atoms. The molecule has 2 aliphatic rings. The molecule has 1 nitrogen and oxygen atoms in total. The van der Waals surface area contributed by atoms with Gasteiger partial charge in [0.15, 0.2) is 0 Å². The van der Waals surface area contributed by atoms with E-state index < -0.39 is 0 Å². The Balaban J connectivity index is 0.000000831. The Bertz CT molecular complexity index is 1740. The van der Waals surface area contributed by atoms with E-state index in [1.165, 1.54) is 90.0 Å². The number of aryl methyl sites for hydroxylation is 2. The molecule has 4 aromatic carbocycles. The fraction of sp³-hybridized carbons (Fsp3) is 0.341. The van der Waals surface area contributed by atoms with Crippen molar-refractivity contribution in [1.82, 2.24) is 0 Å². The number of anilines is 1. The van der Waals surface area contributed by atoms with E-state index in [2.05, 4.69) is 179 Å². The second-order valence-corrected chi connectivity index (χ2v) is 14.9. The minimum absolute atomic E-state index is 0. The van der Waals surface area contributed by atoms with Gasteiger partial charge in [0.05, 0.1) is 0 Å². The minimum atomic E-state index is 0. The molecule has 0 N–H and O–H groups in total. The molecule has 0 fully saturated rings. The van der Waals surface area contributed by atoms with Gasteiger partial charge in [-0.25, -0.2) is 0 Å². The van der Waals surface area contributed by atoms with Gasteiger partial charge in [0.25, 0.3) is 0 Å². The van der Waals surface area contributed by atoms with Crippen LogP contribution in [0, 0.1) is 40.7 Å². The summed E-state index contributed by atoms with van der Waals surface area (Å²) in [7, 11) is 0. The van der Waals surface area contributed by atoms with Crippen molar-refractivity contribution < 1.29 is 23.3 Å². The number of fused-ring (bicyclic) bond motifs is 2. The van der Waals surface area contributed by atoms with Crippen LogP contribution in [-0.2, 0) is 34.2 Å². The van der Waals surface area contributed by atoms with Crippen LogP contribution >= 0.6 is 24.8 Å². The molecule has 2 radical (unpaired) electrons. The maximum absolute atomic E-state index is 3.56. The number of hydrogen-bond acceptors (Lipinski definition) is 1. The quantitative estimate of drug-likeness (QED) is 0.148. The van der Waals surface area contributed by atoms with Crippen LogP contribution in [0.4, 0.5) is 5.69 Å². The fourth-order valence-corrected chi connectivity index (χ4v) is 6.14. The second-order valence-electron chi connectivity index (χ2n) is 14.9. The molecule has 1 unspecified atom stereocenters. The predicted octanol–water partition coefficient (Wildman–Crippen LogP) is 12.9. The Hall–Kier alpha value is -2.03. The normalized spacial score (nSPS) is 14.6. The molecule has 5 heteroatoms. The molecule has 264 valence electrons. The summed E-state index contributed by atoms with van der Waals surface area (Å²) in [6, 6.07) is 27.5. The van der Waals surface area contributed by atoms with Crippen LogP contribution in [0.5, 0.6) is 0 Å². The van der Waals surface area contributed by atoms with E-state index in [0.717, 1.165) is 0 Å². The number of allylic oxidation sites excluding steroid dienone is 3. The van der Waals surface area contributed by atoms with Gasteiger partial charge in [-0.1, -0.05) is 123 Å². The van der Waals surface area contributed by atoms with Gasteiger partial charge in [-0.3, -0.25) is 0 Å². The van der Waals surface area contributed by atoms with Gasteiger partial charge in [0.2, 0.25) is 0 Å². The number of benzene rings is 3. The van der Waals surface area contributed by atoms with E-state index in [-0.39, 0.29) is 50.5 Å². The van der Waals surface area contributed by atoms with Crippen molar-refractivity contribution in [1.29, 1.82) is 0 Å².